The average molecular weight is 229 g/mol. The van der Waals surface area contributed by atoms with E-state index in [-0.39, 0.29) is 0 Å². The van der Waals surface area contributed by atoms with Crippen LogP contribution in [0.25, 0.3) is 0 Å². The molecule has 1 rings (SSSR count). The maximum absolute atomic E-state index is 10.8. The summed E-state index contributed by atoms with van der Waals surface area (Å²) in [6, 6.07) is 0. The molecule has 0 radical (unpaired) electrons. The van der Waals surface area contributed by atoms with E-state index in [2.05, 4.69) is 21.8 Å². The molecule has 0 spiro atoms. The minimum absolute atomic E-state index is 0.669. The highest BCUT2D eigenvalue weighted by Crippen LogP contribution is 1.98. The zero-order valence-corrected chi connectivity index (χ0v) is 10.2. The smallest absolute Gasteiger partial charge is 0.0948 e. The van der Waals surface area contributed by atoms with Crippen molar-refractivity contribution in [2.75, 3.05) is 18.6 Å². The van der Waals surface area contributed by atoms with Gasteiger partial charge in [0.2, 0.25) is 0 Å². The second-order valence-corrected chi connectivity index (χ2v) is 5.03. The molecule has 1 heterocycles. The van der Waals surface area contributed by atoms with Crippen molar-refractivity contribution in [3.05, 3.63) is 18.2 Å². The van der Waals surface area contributed by atoms with Gasteiger partial charge in [0.15, 0.2) is 0 Å². The van der Waals surface area contributed by atoms with Crippen LogP contribution in [-0.2, 0) is 23.9 Å². The monoisotopic (exact) mass is 229 g/mol. The van der Waals surface area contributed by atoms with Crippen LogP contribution in [0.4, 0.5) is 0 Å². The standard InChI is InChI=1S/C10H19N3OS/c1-3-13-9-12-8-10(13)7-11-5-4-6-15(2)14/h8-9,11H,3-7H2,1-2H3. The fraction of sp³-hybridized carbons (Fsp3) is 0.700. The third-order valence-electron chi connectivity index (χ3n) is 2.23. The normalized spacial score (nSPS) is 12.9. The van der Waals surface area contributed by atoms with Crippen LogP contribution in [0, 0.1) is 0 Å². The van der Waals surface area contributed by atoms with E-state index in [9.17, 15) is 4.21 Å². The first-order valence-electron chi connectivity index (χ1n) is 5.23. The van der Waals surface area contributed by atoms with Crippen LogP contribution in [0.15, 0.2) is 12.5 Å². The van der Waals surface area contributed by atoms with Gasteiger partial charge >= 0.3 is 0 Å². The van der Waals surface area contributed by atoms with Crippen molar-refractivity contribution in [2.24, 2.45) is 0 Å². The molecule has 86 valence electrons. The van der Waals surface area contributed by atoms with Crippen LogP contribution in [0.5, 0.6) is 0 Å². The largest absolute Gasteiger partial charge is 0.334 e. The van der Waals surface area contributed by atoms with Gasteiger partial charge in [-0.15, -0.1) is 0 Å². The lowest BCUT2D eigenvalue weighted by Crippen LogP contribution is -2.18. The Morgan fingerprint density at radius 2 is 2.40 bits per heavy atom. The first kappa shape index (κ1) is 12.4. The molecule has 0 amide bonds. The molecule has 0 aliphatic rings. The number of nitrogens with zero attached hydrogens (tertiary/aromatic N) is 2. The Kier molecular flexibility index (Phi) is 5.57. The van der Waals surface area contributed by atoms with Gasteiger partial charge in [0.05, 0.1) is 12.0 Å². The Balaban J connectivity index is 2.17. The van der Waals surface area contributed by atoms with E-state index in [1.165, 1.54) is 5.69 Å². The number of hydrogen-bond donors (Lipinski definition) is 1. The molecule has 5 heteroatoms. The SMILES string of the molecule is CCn1cncc1CNCCCS(C)=O. The lowest BCUT2D eigenvalue weighted by molar-refractivity contribution is 0.621. The van der Waals surface area contributed by atoms with Gasteiger partial charge in [0.1, 0.15) is 0 Å². The maximum atomic E-state index is 10.8. The first-order chi connectivity index (χ1) is 7.24. The van der Waals surface area contributed by atoms with E-state index < -0.39 is 10.8 Å². The highest BCUT2D eigenvalue weighted by molar-refractivity contribution is 7.84. The highest BCUT2D eigenvalue weighted by Gasteiger charge is 1.99. The minimum Gasteiger partial charge on any atom is -0.334 e. The number of imidazole rings is 1. The molecular formula is C10H19N3OS. The summed E-state index contributed by atoms with van der Waals surface area (Å²) < 4.78 is 12.9. The molecule has 0 saturated heterocycles. The zero-order valence-electron chi connectivity index (χ0n) is 9.40. The molecule has 4 nitrogen and oxygen atoms in total. The molecule has 0 saturated carbocycles. The third kappa shape index (κ3) is 4.57. The van der Waals surface area contributed by atoms with E-state index in [0.717, 1.165) is 31.8 Å². The summed E-state index contributed by atoms with van der Waals surface area (Å²) in [6.45, 7) is 4.81. The molecule has 0 aromatic carbocycles. The number of aryl methyl sites for hydroxylation is 1. The lowest BCUT2D eigenvalue weighted by Gasteiger charge is -2.06. The predicted molar refractivity (Wildman–Crippen MR) is 63.2 cm³/mol. The molecule has 1 N–H and O–H groups in total. The predicted octanol–water partition coefficient (Wildman–Crippen LogP) is 0.761. The molecule has 15 heavy (non-hydrogen) atoms. The van der Waals surface area contributed by atoms with Gasteiger partial charge in [-0.05, 0) is 19.9 Å². The lowest BCUT2D eigenvalue weighted by atomic mass is 10.4. The molecule has 1 aromatic rings. The number of nitrogens with one attached hydrogen (secondary N) is 1. The second kappa shape index (κ2) is 6.74. The van der Waals surface area contributed by atoms with E-state index >= 15 is 0 Å². The maximum Gasteiger partial charge on any atom is 0.0948 e. The summed E-state index contributed by atoms with van der Waals surface area (Å²) in [6.07, 6.45) is 6.43. The summed E-state index contributed by atoms with van der Waals surface area (Å²) in [7, 11) is -0.669. The van der Waals surface area contributed by atoms with Gasteiger partial charge < -0.3 is 9.88 Å². The van der Waals surface area contributed by atoms with Gasteiger partial charge in [0, 0.05) is 42.1 Å². The van der Waals surface area contributed by atoms with Crippen molar-refractivity contribution >= 4 is 10.8 Å². The van der Waals surface area contributed by atoms with Crippen LogP contribution in [-0.4, -0.2) is 32.3 Å². The Morgan fingerprint density at radius 3 is 3.07 bits per heavy atom. The molecule has 0 bridgehead atoms. The number of aromatic nitrogens is 2. The van der Waals surface area contributed by atoms with Crippen LogP contribution >= 0.6 is 0 Å². The zero-order chi connectivity index (χ0) is 11.1. The van der Waals surface area contributed by atoms with Crippen LogP contribution in [0.1, 0.15) is 19.0 Å². The van der Waals surface area contributed by atoms with E-state index in [1.807, 2.05) is 12.5 Å². The van der Waals surface area contributed by atoms with Gasteiger partial charge in [-0.3, -0.25) is 4.21 Å². The van der Waals surface area contributed by atoms with Crippen molar-refractivity contribution in [1.29, 1.82) is 0 Å². The topological polar surface area (TPSA) is 46.9 Å². The molecule has 1 unspecified atom stereocenters. The second-order valence-electron chi connectivity index (χ2n) is 3.48. The minimum atomic E-state index is -0.669. The van der Waals surface area contributed by atoms with Crippen LogP contribution in [0.2, 0.25) is 0 Å². The Bertz CT molecular complexity index is 311. The van der Waals surface area contributed by atoms with Crippen molar-refractivity contribution in [3.8, 4) is 0 Å². The van der Waals surface area contributed by atoms with Crippen molar-refractivity contribution in [3.63, 3.8) is 0 Å². The van der Waals surface area contributed by atoms with Crippen molar-refractivity contribution in [2.45, 2.75) is 26.4 Å². The molecular weight excluding hydrogens is 210 g/mol. The molecule has 0 aliphatic carbocycles. The van der Waals surface area contributed by atoms with E-state index in [4.69, 9.17) is 0 Å². The van der Waals surface area contributed by atoms with Crippen LogP contribution in [0.3, 0.4) is 0 Å². The quantitative estimate of drug-likeness (QED) is 0.702. The van der Waals surface area contributed by atoms with E-state index in [0.29, 0.717) is 0 Å². The summed E-state index contributed by atoms with van der Waals surface area (Å²) in [5, 5.41) is 3.32. The summed E-state index contributed by atoms with van der Waals surface area (Å²) in [4.78, 5) is 4.09. The fourth-order valence-corrected chi connectivity index (χ4v) is 1.95. The third-order valence-corrected chi connectivity index (χ3v) is 3.09. The Morgan fingerprint density at radius 1 is 1.60 bits per heavy atom. The first-order valence-corrected chi connectivity index (χ1v) is 6.96. The average Bonchev–Trinajstić information content (AvgIpc) is 2.64. The van der Waals surface area contributed by atoms with Gasteiger partial charge in [-0.2, -0.15) is 0 Å². The summed E-state index contributed by atoms with van der Waals surface area (Å²) >= 11 is 0. The van der Waals surface area contributed by atoms with Gasteiger partial charge in [-0.25, -0.2) is 4.98 Å². The number of hydrogen-bond acceptors (Lipinski definition) is 3. The van der Waals surface area contributed by atoms with Crippen molar-refractivity contribution < 1.29 is 4.21 Å². The molecule has 0 fully saturated rings. The Labute approximate surface area is 93.5 Å². The summed E-state index contributed by atoms with van der Waals surface area (Å²) in [5.74, 6) is 0.778. The van der Waals surface area contributed by atoms with E-state index in [1.54, 1.807) is 6.26 Å². The molecule has 1 aromatic heterocycles. The fourth-order valence-electron chi connectivity index (χ4n) is 1.40. The Hall–Kier alpha value is -0.680. The number of rotatable bonds is 7. The molecule has 0 aliphatic heterocycles. The summed E-state index contributed by atoms with van der Waals surface area (Å²) in [5.41, 5.74) is 1.20. The van der Waals surface area contributed by atoms with Crippen LogP contribution < -0.4 is 5.32 Å². The van der Waals surface area contributed by atoms with Gasteiger partial charge in [-0.1, -0.05) is 0 Å². The molecule has 1 atom stereocenters. The van der Waals surface area contributed by atoms with Crippen molar-refractivity contribution in [1.82, 2.24) is 14.9 Å². The van der Waals surface area contributed by atoms with Gasteiger partial charge in [0.25, 0.3) is 0 Å². The highest BCUT2D eigenvalue weighted by atomic mass is 32.2.